The second kappa shape index (κ2) is 17.2. The number of sulfonamides is 1. The van der Waals surface area contributed by atoms with Gasteiger partial charge in [0.05, 0.1) is 45.4 Å². The number of amides is 1. The molecule has 0 spiro atoms. The van der Waals surface area contributed by atoms with Crippen molar-refractivity contribution in [2.45, 2.75) is 76.6 Å². The van der Waals surface area contributed by atoms with Gasteiger partial charge in [0.1, 0.15) is 5.75 Å². The third-order valence-corrected chi connectivity index (χ3v) is 10.7. The summed E-state index contributed by atoms with van der Waals surface area (Å²) in [6, 6.07) is 16.4. The van der Waals surface area contributed by atoms with Crippen LogP contribution in [-0.4, -0.2) is 80.8 Å². The molecule has 0 radical (unpaired) electrons. The predicted molar refractivity (Wildman–Crippen MR) is 192 cm³/mol. The van der Waals surface area contributed by atoms with E-state index in [0.29, 0.717) is 42.0 Å². The number of hydrogen-bond donors (Lipinski definition) is 2. The topological polar surface area (TPSA) is 108 Å². The van der Waals surface area contributed by atoms with Gasteiger partial charge in [0.15, 0.2) is 0 Å². The second-order valence-corrected chi connectivity index (χ2v) is 15.4. The number of aliphatic hydroxyl groups is 1. The summed E-state index contributed by atoms with van der Waals surface area (Å²) in [5.41, 5.74) is 2.40. The normalized spacial score (nSPS) is 20.5. The number of aryl methyl sites for hydroxylation is 1. The van der Waals surface area contributed by atoms with E-state index in [1.807, 2.05) is 40.0 Å². The van der Waals surface area contributed by atoms with Crippen molar-refractivity contribution in [1.29, 1.82) is 0 Å². The van der Waals surface area contributed by atoms with Crippen molar-refractivity contribution >= 4 is 44.8 Å². The molecule has 3 aromatic carbocycles. The fourth-order valence-electron chi connectivity index (χ4n) is 5.70. The Labute approximate surface area is 295 Å². The standard InChI is InChI=1S/C36H47Cl2N3O6S/c1-24-9-13-30(14-10-24)48(44,45)39-29-12-16-34-31(19-29)36(43)41(26(3)23-42)20-25(2)35(46-17-7-6-8-27(4)47-34)22-40(5)21-28-11-15-32(37)33(38)18-28/h9-16,18-19,25-27,35,39,42H,6-8,17,20-23H2,1-5H3/t25-,26+,27-,35+/m0/s1. The van der Waals surface area contributed by atoms with Crippen LogP contribution >= 0.6 is 23.2 Å². The zero-order valence-corrected chi connectivity index (χ0v) is 30.6. The van der Waals surface area contributed by atoms with Gasteiger partial charge in [-0.05, 0) is 95.1 Å². The minimum atomic E-state index is -3.91. The average molecular weight is 721 g/mol. The van der Waals surface area contributed by atoms with Crippen molar-refractivity contribution in [3.8, 4) is 5.75 Å². The smallest absolute Gasteiger partial charge is 0.261 e. The van der Waals surface area contributed by atoms with E-state index in [4.69, 9.17) is 32.7 Å². The van der Waals surface area contributed by atoms with E-state index in [1.165, 1.54) is 6.07 Å². The van der Waals surface area contributed by atoms with Crippen molar-refractivity contribution in [2.75, 3.05) is 38.1 Å². The van der Waals surface area contributed by atoms with Crippen LogP contribution in [0.15, 0.2) is 65.6 Å². The summed E-state index contributed by atoms with van der Waals surface area (Å²) in [6.07, 6.45) is 2.03. The highest BCUT2D eigenvalue weighted by molar-refractivity contribution is 7.92. The number of hydrogen-bond acceptors (Lipinski definition) is 7. The van der Waals surface area contributed by atoms with E-state index in [1.54, 1.807) is 54.3 Å². The van der Waals surface area contributed by atoms with Gasteiger partial charge >= 0.3 is 0 Å². The van der Waals surface area contributed by atoms with Crippen LogP contribution in [0.5, 0.6) is 5.75 Å². The van der Waals surface area contributed by atoms with Gasteiger partial charge in [0.25, 0.3) is 15.9 Å². The van der Waals surface area contributed by atoms with Gasteiger partial charge < -0.3 is 19.5 Å². The molecule has 0 aromatic heterocycles. The molecule has 0 bridgehead atoms. The Hall–Kier alpha value is -2.86. The first-order valence-electron chi connectivity index (χ1n) is 16.3. The van der Waals surface area contributed by atoms with Crippen LogP contribution < -0.4 is 9.46 Å². The summed E-state index contributed by atoms with van der Waals surface area (Å²) in [5.74, 6) is -0.129. The Kier molecular flexibility index (Phi) is 13.6. The molecular weight excluding hydrogens is 673 g/mol. The number of aliphatic hydroxyl groups excluding tert-OH is 1. The maximum Gasteiger partial charge on any atom is 0.261 e. The summed E-state index contributed by atoms with van der Waals surface area (Å²) in [7, 11) is -1.90. The number of nitrogens with one attached hydrogen (secondary N) is 1. The average Bonchev–Trinajstić information content (AvgIpc) is 3.04. The number of carbonyl (C=O) groups excluding carboxylic acids is 1. The molecule has 0 fully saturated rings. The Bertz CT molecular complexity index is 1640. The van der Waals surface area contributed by atoms with Crippen LogP contribution in [0.4, 0.5) is 5.69 Å². The van der Waals surface area contributed by atoms with Gasteiger partial charge in [-0.1, -0.05) is 53.9 Å². The van der Waals surface area contributed by atoms with Crippen LogP contribution in [0.3, 0.4) is 0 Å². The maximum absolute atomic E-state index is 14.4. The first kappa shape index (κ1) is 38.0. The van der Waals surface area contributed by atoms with Crippen molar-refractivity contribution < 1.29 is 27.8 Å². The Morgan fingerprint density at radius 1 is 1.04 bits per heavy atom. The Morgan fingerprint density at radius 2 is 1.77 bits per heavy atom. The molecule has 1 aliphatic rings. The quantitative estimate of drug-likeness (QED) is 0.245. The molecule has 0 unspecified atom stereocenters. The molecular formula is C36H47Cl2N3O6S. The van der Waals surface area contributed by atoms with Gasteiger partial charge in [-0.2, -0.15) is 0 Å². The largest absolute Gasteiger partial charge is 0.490 e. The van der Waals surface area contributed by atoms with Crippen molar-refractivity contribution in [3.05, 3.63) is 87.4 Å². The number of likely N-dealkylation sites (N-methyl/N-ethyl adjacent to an activating group) is 1. The van der Waals surface area contributed by atoms with Crippen molar-refractivity contribution in [1.82, 2.24) is 9.80 Å². The van der Waals surface area contributed by atoms with Gasteiger partial charge in [-0.25, -0.2) is 8.42 Å². The molecule has 1 aliphatic heterocycles. The SMILES string of the molecule is Cc1ccc(S(=O)(=O)Nc2ccc3c(c2)C(=O)N([C@H](C)CO)C[C@H](C)[C@@H](CN(C)Cc2ccc(Cl)c(Cl)c2)OCCCC[C@H](C)O3)cc1. The lowest BCUT2D eigenvalue weighted by Gasteiger charge is -2.36. The van der Waals surface area contributed by atoms with Crippen LogP contribution in [-0.2, 0) is 21.3 Å². The molecule has 4 atom stereocenters. The number of nitrogens with zero attached hydrogens (tertiary/aromatic N) is 2. The molecule has 9 nitrogen and oxygen atoms in total. The number of benzene rings is 3. The summed E-state index contributed by atoms with van der Waals surface area (Å²) in [6.45, 7) is 9.48. The van der Waals surface area contributed by atoms with Crippen LogP contribution in [0.25, 0.3) is 0 Å². The zero-order valence-electron chi connectivity index (χ0n) is 28.3. The van der Waals surface area contributed by atoms with E-state index in [2.05, 4.69) is 9.62 Å². The van der Waals surface area contributed by atoms with E-state index < -0.39 is 16.1 Å². The highest BCUT2D eigenvalue weighted by atomic mass is 35.5. The maximum atomic E-state index is 14.4. The minimum absolute atomic E-state index is 0.115. The van der Waals surface area contributed by atoms with E-state index in [0.717, 1.165) is 30.4 Å². The number of anilines is 1. The van der Waals surface area contributed by atoms with Crippen LogP contribution in [0.2, 0.25) is 10.0 Å². The fourth-order valence-corrected chi connectivity index (χ4v) is 7.07. The number of rotatable bonds is 9. The molecule has 0 aliphatic carbocycles. The van der Waals surface area contributed by atoms with Gasteiger partial charge in [0, 0.05) is 37.8 Å². The molecule has 1 amide bonds. The molecule has 12 heteroatoms. The molecule has 48 heavy (non-hydrogen) atoms. The van der Waals surface area contributed by atoms with Crippen LogP contribution in [0, 0.1) is 12.8 Å². The van der Waals surface area contributed by atoms with Crippen molar-refractivity contribution in [3.63, 3.8) is 0 Å². The molecule has 0 saturated carbocycles. The Morgan fingerprint density at radius 3 is 2.46 bits per heavy atom. The number of ether oxygens (including phenoxy) is 2. The molecule has 4 rings (SSSR count). The fraction of sp³-hybridized carbons (Fsp3) is 0.472. The minimum Gasteiger partial charge on any atom is -0.490 e. The van der Waals surface area contributed by atoms with Crippen molar-refractivity contribution in [2.24, 2.45) is 5.92 Å². The second-order valence-electron chi connectivity index (χ2n) is 12.9. The molecule has 1 heterocycles. The van der Waals surface area contributed by atoms with Gasteiger partial charge in [0.2, 0.25) is 0 Å². The summed E-state index contributed by atoms with van der Waals surface area (Å²) < 4.78 is 41.8. The lowest BCUT2D eigenvalue weighted by Crippen LogP contribution is -2.47. The molecule has 3 aromatic rings. The number of halogens is 2. The molecule has 262 valence electrons. The summed E-state index contributed by atoms with van der Waals surface area (Å²) in [5, 5.41) is 11.3. The summed E-state index contributed by atoms with van der Waals surface area (Å²) >= 11 is 12.4. The third kappa shape index (κ3) is 10.3. The third-order valence-electron chi connectivity index (χ3n) is 8.56. The molecule has 0 saturated heterocycles. The van der Waals surface area contributed by atoms with E-state index >= 15 is 0 Å². The zero-order chi connectivity index (χ0) is 35.0. The highest BCUT2D eigenvalue weighted by Gasteiger charge is 2.31. The number of carbonyl (C=O) groups is 1. The van der Waals surface area contributed by atoms with Gasteiger partial charge in [-0.15, -0.1) is 0 Å². The van der Waals surface area contributed by atoms with Gasteiger partial charge in [-0.3, -0.25) is 14.4 Å². The Balaban J connectivity index is 1.63. The van der Waals surface area contributed by atoms with Crippen LogP contribution in [0.1, 0.15) is 61.5 Å². The predicted octanol–water partition coefficient (Wildman–Crippen LogP) is 7.03. The first-order valence-corrected chi connectivity index (χ1v) is 18.6. The highest BCUT2D eigenvalue weighted by Crippen LogP contribution is 2.30. The summed E-state index contributed by atoms with van der Waals surface area (Å²) in [4.78, 5) is 18.3. The van der Waals surface area contributed by atoms with E-state index in [-0.39, 0.29) is 46.8 Å². The molecule has 2 N–H and O–H groups in total. The monoisotopic (exact) mass is 719 g/mol. The lowest BCUT2D eigenvalue weighted by atomic mass is 10.0. The first-order chi connectivity index (χ1) is 22.8. The number of fused-ring (bicyclic) bond motifs is 1. The lowest BCUT2D eigenvalue weighted by molar-refractivity contribution is -0.0177. The van der Waals surface area contributed by atoms with E-state index in [9.17, 15) is 18.3 Å².